The summed E-state index contributed by atoms with van der Waals surface area (Å²) in [6, 6.07) is 12.3. The van der Waals surface area contributed by atoms with Gasteiger partial charge in [0, 0.05) is 10.6 Å². The Morgan fingerprint density at radius 1 is 1.00 bits per heavy atom. The summed E-state index contributed by atoms with van der Waals surface area (Å²) in [4.78, 5) is 40.3. The normalized spacial score (nSPS) is 13.0. The van der Waals surface area contributed by atoms with Crippen LogP contribution in [0.3, 0.4) is 0 Å². The Kier molecular flexibility index (Phi) is 8.77. The maximum absolute atomic E-state index is 13.7. The van der Waals surface area contributed by atoms with Gasteiger partial charge in [0.15, 0.2) is 23.6 Å². The quantitative estimate of drug-likeness (QED) is 0.281. The molecule has 18 heteroatoms. The molecular weight excluding hydrogens is 608 g/mol. The third kappa shape index (κ3) is 6.83. The summed E-state index contributed by atoms with van der Waals surface area (Å²) in [7, 11) is 0. The molecule has 2 amide bonds. The molecule has 2 heterocycles. The first-order valence-electron chi connectivity index (χ1n) is 11.9. The first-order valence-corrected chi connectivity index (χ1v) is 12.6. The average Bonchev–Trinajstić information content (AvgIpc) is 3.45. The van der Waals surface area contributed by atoms with Gasteiger partial charge in [0.2, 0.25) is 6.10 Å². The molecule has 0 bridgehead atoms. The van der Waals surface area contributed by atoms with Gasteiger partial charge in [-0.15, -0.1) is 10.2 Å². The van der Waals surface area contributed by atoms with Crippen LogP contribution in [0.1, 0.15) is 24.7 Å². The minimum absolute atomic E-state index is 0.0417. The summed E-state index contributed by atoms with van der Waals surface area (Å²) >= 11 is 12.3. The fourth-order valence-corrected chi connectivity index (χ4v) is 4.24. The lowest BCUT2D eigenvalue weighted by molar-refractivity contribution is -0.206. The van der Waals surface area contributed by atoms with Crippen molar-refractivity contribution in [3.8, 4) is 17.1 Å². The van der Waals surface area contributed by atoms with E-state index in [1.165, 1.54) is 35.9 Å². The highest BCUT2D eigenvalue weighted by Crippen LogP contribution is 2.27. The van der Waals surface area contributed by atoms with Crippen LogP contribution >= 0.6 is 23.2 Å². The lowest BCUT2D eigenvalue weighted by atomic mass is 10.2. The van der Waals surface area contributed by atoms with Gasteiger partial charge in [-0.1, -0.05) is 35.3 Å². The van der Waals surface area contributed by atoms with E-state index in [0.717, 1.165) is 4.68 Å². The van der Waals surface area contributed by atoms with E-state index in [1.54, 1.807) is 24.3 Å². The molecule has 0 saturated carbocycles. The first-order chi connectivity index (χ1) is 19.7. The summed E-state index contributed by atoms with van der Waals surface area (Å²) in [5.41, 5.74) is 9.55. The minimum atomic E-state index is -5.06. The molecule has 4 aromatic rings. The Morgan fingerprint density at radius 3 is 2.24 bits per heavy atom. The number of hydrogen-bond donors (Lipinski definition) is 2. The second kappa shape index (κ2) is 12.1. The summed E-state index contributed by atoms with van der Waals surface area (Å²) in [5, 5.41) is 9.16. The number of nitrogens with zero attached hydrogens (tertiary/aromatic N) is 6. The van der Waals surface area contributed by atoms with Crippen molar-refractivity contribution in [2.24, 2.45) is 11.5 Å². The third-order valence-corrected chi connectivity index (χ3v) is 6.27. The lowest BCUT2D eigenvalue weighted by Gasteiger charge is -2.20. The molecule has 4 N–H and O–H groups in total. The van der Waals surface area contributed by atoms with Crippen molar-refractivity contribution in [2.45, 2.75) is 38.4 Å². The Bertz CT molecular complexity index is 1670. The Labute approximate surface area is 244 Å². The van der Waals surface area contributed by atoms with Gasteiger partial charge in [0.05, 0.1) is 17.3 Å². The fourth-order valence-electron chi connectivity index (χ4n) is 3.90. The van der Waals surface area contributed by atoms with Crippen LogP contribution in [-0.2, 0) is 22.6 Å². The van der Waals surface area contributed by atoms with Gasteiger partial charge in [-0.2, -0.15) is 13.2 Å². The highest BCUT2D eigenvalue weighted by Gasteiger charge is 2.44. The van der Waals surface area contributed by atoms with Crippen LogP contribution in [0.5, 0.6) is 0 Å². The van der Waals surface area contributed by atoms with Crippen LogP contribution in [0.4, 0.5) is 22.8 Å². The maximum atomic E-state index is 13.7. The molecule has 0 saturated heterocycles. The number of amides is 2. The van der Waals surface area contributed by atoms with Crippen LogP contribution in [0, 0.1) is 0 Å². The zero-order valence-corrected chi connectivity index (χ0v) is 23.0. The fraction of sp³-hybridized carbons (Fsp3) is 0.250. The van der Waals surface area contributed by atoms with E-state index in [9.17, 15) is 27.6 Å². The molecule has 42 heavy (non-hydrogen) atoms. The van der Waals surface area contributed by atoms with Gasteiger partial charge in [0.1, 0.15) is 6.54 Å². The number of hydrogen-bond acceptors (Lipinski definition) is 8. The van der Waals surface area contributed by atoms with Crippen molar-refractivity contribution in [3.05, 3.63) is 80.7 Å². The van der Waals surface area contributed by atoms with Crippen molar-refractivity contribution in [3.63, 3.8) is 0 Å². The molecule has 13 nitrogen and oxygen atoms in total. The maximum Gasteiger partial charge on any atom is 0.427 e. The molecule has 2 atom stereocenters. The molecule has 0 spiro atoms. The van der Waals surface area contributed by atoms with Gasteiger partial charge in [0.25, 0.3) is 0 Å². The standard InChI is InChI=1S/C24H21Cl2F3N8O5/c1-12(41-21(30)38)19-32-18(33-37(19)16-5-3-2-4-15(16)26)11-36-23(40)35(10-17(24(27,28)29)42-22(31)39)20(34-36)13-6-8-14(25)9-7-13/h2-9,12,17H,10-11H2,1H3,(H2,30,38)(H2,31,39)/t12-,17?/m1/s1. The molecule has 1 unspecified atom stereocenters. The molecule has 222 valence electrons. The Morgan fingerprint density at radius 2 is 1.64 bits per heavy atom. The van der Waals surface area contributed by atoms with Crippen molar-refractivity contribution in [1.29, 1.82) is 0 Å². The van der Waals surface area contributed by atoms with Gasteiger partial charge in [-0.05, 0) is 43.3 Å². The number of nitrogens with two attached hydrogens (primary N) is 2. The van der Waals surface area contributed by atoms with E-state index in [0.29, 0.717) is 15.3 Å². The number of primary amides is 2. The number of carbonyl (C=O) groups excluding carboxylic acids is 2. The highest BCUT2D eigenvalue weighted by molar-refractivity contribution is 6.32. The zero-order chi connectivity index (χ0) is 30.8. The van der Waals surface area contributed by atoms with Gasteiger partial charge in [-0.3, -0.25) is 4.57 Å². The summed E-state index contributed by atoms with van der Waals surface area (Å²) in [6.45, 7) is -0.117. The van der Waals surface area contributed by atoms with Crippen LogP contribution in [0.2, 0.25) is 10.0 Å². The molecular formula is C24H21Cl2F3N8O5. The van der Waals surface area contributed by atoms with Crippen LogP contribution < -0.4 is 17.2 Å². The van der Waals surface area contributed by atoms with Gasteiger partial charge in [-0.25, -0.2) is 28.7 Å². The van der Waals surface area contributed by atoms with Crippen molar-refractivity contribution in [2.75, 3.05) is 0 Å². The second-order valence-corrected chi connectivity index (χ2v) is 9.52. The number of halogens is 5. The topological polar surface area (TPSA) is 175 Å². The van der Waals surface area contributed by atoms with Crippen LogP contribution in [-0.4, -0.2) is 53.6 Å². The highest BCUT2D eigenvalue weighted by atomic mass is 35.5. The average molecular weight is 629 g/mol. The number of aromatic nitrogens is 6. The molecule has 0 aliphatic carbocycles. The number of para-hydroxylation sites is 1. The molecule has 2 aromatic heterocycles. The Balaban J connectivity index is 1.81. The number of ether oxygens (including phenoxy) is 2. The van der Waals surface area contributed by atoms with E-state index in [-0.39, 0.29) is 28.1 Å². The third-order valence-electron chi connectivity index (χ3n) is 5.70. The number of carbonyl (C=O) groups is 2. The molecule has 0 aliphatic heterocycles. The van der Waals surface area contributed by atoms with Gasteiger partial charge >= 0.3 is 24.1 Å². The summed E-state index contributed by atoms with van der Waals surface area (Å²) in [5.74, 6) is -0.163. The van der Waals surface area contributed by atoms with E-state index in [1.807, 2.05) is 0 Å². The van der Waals surface area contributed by atoms with Crippen molar-refractivity contribution >= 4 is 35.4 Å². The van der Waals surface area contributed by atoms with Crippen molar-refractivity contribution in [1.82, 2.24) is 29.1 Å². The number of rotatable bonds is 9. The molecule has 0 fully saturated rings. The summed E-state index contributed by atoms with van der Waals surface area (Å²) in [6.07, 6.45) is -11.6. The molecule has 0 aliphatic rings. The van der Waals surface area contributed by atoms with Crippen molar-refractivity contribution < 1.29 is 32.2 Å². The predicted molar refractivity (Wildman–Crippen MR) is 142 cm³/mol. The van der Waals surface area contributed by atoms with E-state index in [2.05, 4.69) is 19.9 Å². The predicted octanol–water partition coefficient (Wildman–Crippen LogP) is 3.83. The molecule has 0 radical (unpaired) electrons. The van der Waals surface area contributed by atoms with E-state index in [4.69, 9.17) is 39.4 Å². The minimum Gasteiger partial charge on any atom is -0.438 e. The number of benzene rings is 2. The summed E-state index contributed by atoms with van der Waals surface area (Å²) < 4.78 is 53.1. The first kappa shape index (κ1) is 30.4. The second-order valence-electron chi connectivity index (χ2n) is 8.68. The van der Waals surface area contributed by atoms with Crippen LogP contribution in [0.15, 0.2) is 53.3 Å². The Hall–Kier alpha value is -4.57. The smallest absolute Gasteiger partial charge is 0.427 e. The molecule has 4 rings (SSSR count). The monoisotopic (exact) mass is 628 g/mol. The largest absolute Gasteiger partial charge is 0.438 e. The lowest BCUT2D eigenvalue weighted by Crippen LogP contribution is -2.41. The van der Waals surface area contributed by atoms with Crippen LogP contribution in [0.25, 0.3) is 17.1 Å². The molecule has 2 aromatic carbocycles. The van der Waals surface area contributed by atoms with E-state index < -0.39 is 49.3 Å². The SMILES string of the molecule is C[C@@H](OC(N)=O)c1nc(Cn2nc(-c3ccc(Cl)cc3)n(CC(OC(N)=O)C(F)(F)F)c2=O)nn1-c1ccccc1Cl. The van der Waals surface area contributed by atoms with Gasteiger partial charge < -0.3 is 20.9 Å². The zero-order valence-electron chi connectivity index (χ0n) is 21.5. The number of alkyl halides is 3. The van der Waals surface area contributed by atoms with E-state index >= 15 is 0 Å².